The van der Waals surface area contributed by atoms with Gasteiger partial charge in [0, 0.05) is 13.1 Å². The molecule has 1 aliphatic rings. The van der Waals surface area contributed by atoms with Crippen LogP contribution in [0.15, 0.2) is 0 Å². The van der Waals surface area contributed by atoms with Crippen LogP contribution in [0.3, 0.4) is 0 Å². The molecule has 0 atom stereocenters. The van der Waals surface area contributed by atoms with Crippen LogP contribution in [0, 0.1) is 0 Å². The van der Waals surface area contributed by atoms with E-state index in [1.54, 1.807) is 6.92 Å². The second-order valence-electron chi connectivity index (χ2n) is 3.71. The molecule has 0 aromatic carbocycles. The third-order valence-electron chi connectivity index (χ3n) is 2.77. The van der Waals surface area contributed by atoms with Crippen LogP contribution >= 0.6 is 0 Å². The van der Waals surface area contributed by atoms with Gasteiger partial charge in [-0.2, -0.15) is 4.31 Å². The first-order valence-corrected chi connectivity index (χ1v) is 6.93. The Morgan fingerprint density at radius 3 is 2.47 bits per heavy atom. The van der Waals surface area contributed by atoms with Crippen molar-refractivity contribution in [1.29, 1.82) is 0 Å². The summed E-state index contributed by atoms with van der Waals surface area (Å²) in [5.41, 5.74) is 0. The zero-order valence-corrected chi connectivity index (χ0v) is 9.96. The highest BCUT2D eigenvalue weighted by Crippen LogP contribution is 2.17. The van der Waals surface area contributed by atoms with E-state index in [0.29, 0.717) is 19.4 Å². The van der Waals surface area contributed by atoms with E-state index in [1.165, 1.54) is 4.31 Å². The average molecular weight is 236 g/mol. The standard InChI is InChI=1S/C9H20N2O3S/c1-2-11(7-8-12)15(13,14)9-3-5-10-6-4-9/h9-10,12H,2-8H2,1H3. The third-order valence-corrected chi connectivity index (χ3v) is 5.24. The van der Waals surface area contributed by atoms with E-state index < -0.39 is 10.0 Å². The monoisotopic (exact) mass is 236 g/mol. The maximum Gasteiger partial charge on any atom is 0.217 e. The number of aliphatic hydroxyl groups is 1. The molecule has 0 aromatic rings. The molecule has 0 amide bonds. The molecule has 0 bridgehead atoms. The van der Waals surface area contributed by atoms with Crippen LogP contribution in [0.4, 0.5) is 0 Å². The third kappa shape index (κ3) is 3.14. The molecule has 1 heterocycles. The van der Waals surface area contributed by atoms with Gasteiger partial charge in [0.15, 0.2) is 0 Å². The van der Waals surface area contributed by atoms with Crippen molar-refractivity contribution in [1.82, 2.24) is 9.62 Å². The second kappa shape index (κ2) is 5.79. The lowest BCUT2D eigenvalue weighted by Crippen LogP contribution is -2.44. The highest BCUT2D eigenvalue weighted by molar-refractivity contribution is 7.89. The van der Waals surface area contributed by atoms with Crippen molar-refractivity contribution in [2.24, 2.45) is 0 Å². The molecule has 2 N–H and O–H groups in total. The number of nitrogens with zero attached hydrogens (tertiary/aromatic N) is 1. The molecule has 5 nitrogen and oxygen atoms in total. The minimum atomic E-state index is -3.20. The lowest BCUT2D eigenvalue weighted by Gasteiger charge is -2.28. The van der Waals surface area contributed by atoms with E-state index in [2.05, 4.69) is 5.32 Å². The van der Waals surface area contributed by atoms with Crippen molar-refractivity contribution in [3.05, 3.63) is 0 Å². The largest absolute Gasteiger partial charge is 0.395 e. The van der Waals surface area contributed by atoms with Crippen LogP contribution in [0.5, 0.6) is 0 Å². The summed E-state index contributed by atoms with van der Waals surface area (Å²) in [6.07, 6.45) is 1.34. The Hall–Kier alpha value is -0.170. The van der Waals surface area contributed by atoms with Crippen LogP contribution in [0.2, 0.25) is 0 Å². The predicted octanol–water partition coefficient (Wildman–Crippen LogP) is -0.618. The molecule has 15 heavy (non-hydrogen) atoms. The summed E-state index contributed by atoms with van der Waals surface area (Å²) >= 11 is 0. The Kier molecular flexibility index (Phi) is 4.98. The summed E-state index contributed by atoms with van der Waals surface area (Å²) in [5.74, 6) is 0. The minimum absolute atomic E-state index is 0.113. The zero-order chi connectivity index (χ0) is 11.3. The number of nitrogens with one attached hydrogen (secondary N) is 1. The van der Waals surface area contributed by atoms with Gasteiger partial charge in [-0.05, 0) is 25.9 Å². The molecule has 0 spiro atoms. The first kappa shape index (κ1) is 12.9. The quantitative estimate of drug-likeness (QED) is 0.667. The van der Waals surface area contributed by atoms with Gasteiger partial charge in [-0.25, -0.2) is 8.42 Å². The first-order valence-electron chi connectivity index (χ1n) is 5.43. The minimum Gasteiger partial charge on any atom is -0.395 e. The molecule has 1 fully saturated rings. The van der Waals surface area contributed by atoms with Gasteiger partial charge >= 0.3 is 0 Å². The molecule has 0 aromatic heterocycles. The van der Waals surface area contributed by atoms with E-state index in [4.69, 9.17) is 5.11 Å². The Morgan fingerprint density at radius 1 is 1.40 bits per heavy atom. The smallest absolute Gasteiger partial charge is 0.217 e. The van der Waals surface area contributed by atoms with E-state index in [-0.39, 0.29) is 18.4 Å². The second-order valence-corrected chi connectivity index (χ2v) is 5.92. The lowest BCUT2D eigenvalue weighted by molar-refractivity contribution is 0.255. The number of piperidine rings is 1. The van der Waals surface area contributed by atoms with Crippen molar-refractivity contribution >= 4 is 10.0 Å². The van der Waals surface area contributed by atoms with Crippen molar-refractivity contribution in [3.8, 4) is 0 Å². The van der Waals surface area contributed by atoms with Gasteiger partial charge in [-0.15, -0.1) is 0 Å². The number of hydrogen-bond donors (Lipinski definition) is 2. The van der Waals surface area contributed by atoms with Gasteiger partial charge in [0.05, 0.1) is 11.9 Å². The molecule has 1 aliphatic heterocycles. The van der Waals surface area contributed by atoms with E-state index >= 15 is 0 Å². The van der Waals surface area contributed by atoms with Crippen molar-refractivity contribution in [2.75, 3.05) is 32.8 Å². The number of aliphatic hydroxyl groups excluding tert-OH is 1. The van der Waals surface area contributed by atoms with Gasteiger partial charge in [-0.3, -0.25) is 0 Å². The summed E-state index contributed by atoms with van der Waals surface area (Å²) in [5, 5.41) is 11.7. The summed E-state index contributed by atoms with van der Waals surface area (Å²) < 4.78 is 25.6. The van der Waals surface area contributed by atoms with E-state index in [0.717, 1.165) is 13.1 Å². The van der Waals surface area contributed by atoms with Gasteiger partial charge in [0.1, 0.15) is 0 Å². The molecule has 0 aliphatic carbocycles. The van der Waals surface area contributed by atoms with Gasteiger partial charge < -0.3 is 10.4 Å². The highest BCUT2D eigenvalue weighted by Gasteiger charge is 2.31. The molecule has 0 unspecified atom stereocenters. The molecule has 90 valence electrons. The summed E-state index contributed by atoms with van der Waals surface area (Å²) in [7, 11) is -3.20. The molecular weight excluding hydrogens is 216 g/mol. The van der Waals surface area contributed by atoms with Crippen LogP contribution < -0.4 is 5.32 Å². The molecule has 0 saturated carbocycles. The molecule has 0 radical (unpaired) electrons. The first-order chi connectivity index (χ1) is 7.12. The molecule has 1 rings (SSSR count). The predicted molar refractivity (Wildman–Crippen MR) is 59.1 cm³/mol. The SMILES string of the molecule is CCN(CCO)S(=O)(=O)C1CCNCC1. The summed E-state index contributed by atoms with van der Waals surface area (Å²) in [4.78, 5) is 0. The van der Waals surface area contributed by atoms with Gasteiger partial charge in [0.25, 0.3) is 0 Å². The van der Waals surface area contributed by atoms with Crippen molar-refractivity contribution in [2.45, 2.75) is 25.0 Å². The maximum atomic E-state index is 12.1. The fourth-order valence-electron chi connectivity index (χ4n) is 1.88. The average Bonchev–Trinajstić information content (AvgIpc) is 2.27. The lowest BCUT2D eigenvalue weighted by atomic mass is 10.2. The van der Waals surface area contributed by atoms with Crippen LogP contribution in [0.1, 0.15) is 19.8 Å². The highest BCUT2D eigenvalue weighted by atomic mass is 32.2. The van der Waals surface area contributed by atoms with Crippen LogP contribution in [-0.2, 0) is 10.0 Å². The summed E-state index contributed by atoms with van der Waals surface area (Å²) in [6, 6.07) is 0. The normalized spacial score (nSPS) is 19.7. The van der Waals surface area contributed by atoms with E-state index in [1.807, 2.05) is 0 Å². The number of rotatable bonds is 5. The van der Waals surface area contributed by atoms with Crippen LogP contribution in [-0.4, -0.2) is 55.9 Å². The molecule has 6 heteroatoms. The zero-order valence-electron chi connectivity index (χ0n) is 9.15. The van der Waals surface area contributed by atoms with Crippen molar-refractivity contribution < 1.29 is 13.5 Å². The van der Waals surface area contributed by atoms with E-state index in [9.17, 15) is 8.42 Å². The number of hydrogen-bond acceptors (Lipinski definition) is 4. The van der Waals surface area contributed by atoms with Gasteiger partial charge in [0.2, 0.25) is 10.0 Å². The van der Waals surface area contributed by atoms with Crippen LogP contribution in [0.25, 0.3) is 0 Å². The fraction of sp³-hybridized carbons (Fsp3) is 1.00. The molecule has 1 saturated heterocycles. The fourth-order valence-corrected chi connectivity index (χ4v) is 3.83. The van der Waals surface area contributed by atoms with Crippen molar-refractivity contribution in [3.63, 3.8) is 0 Å². The Balaban J connectivity index is 2.69. The Labute approximate surface area is 91.5 Å². The maximum absolute atomic E-state index is 12.1. The van der Waals surface area contributed by atoms with Gasteiger partial charge in [-0.1, -0.05) is 6.92 Å². The Bertz CT molecular complexity index is 262. The summed E-state index contributed by atoms with van der Waals surface area (Å²) in [6.45, 7) is 3.86. The molecular formula is C9H20N2O3S. The number of sulfonamides is 1. The topological polar surface area (TPSA) is 69.6 Å². The number of likely N-dealkylation sites (N-methyl/N-ethyl adjacent to an activating group) is 1. The Morgan fingerprint density at radius 2 is 2.00 bits per heavy atom.